The number of hydrogen-bond acceptors (Lipinski definition) is 3. The number of nitrogens with zero attached hydrogens (tertiary/aromatic N) is 1. The Morgan fingerprint density at radius 1 is 1.11 bits per heavy atom. The highest BCUT2D eigenvalue weighted by atomic mass is 19.4. The topological polar surface area (TPSA) is 50.7 Å². The summed E-state index contributed by atoms with van der Waals surface area (Å²) in [6.07, 6.45) is -3.09. The molecule has 0 radical (unpaired) electrons. The lowest BCUT2D eigenvalue weighted by Gasteiger charge is -2.10. The van der Waals surface area contributed by atoms with E-state index >= 15 is 0 Å². The van der Waals surface area contributed by atoms with E-state index in [9.17, 15) is 18.0 Å². The molecule has 3 aromatic carbocycles. The number of rotatable bonds is 5. The first-order valence-electron chi connectivity index (χ1n) is 8.55. The van der Waals surface area contributed by atoms with Crippen LogP contribution in [-0.4, -0.2) is 18.7 Å². The molecule has 0 aromatic heterocycles. The smallest absolute Gasteiger partial charge is 0.416 e. The van der Waals surface area contributed by atoms with E-state index in [0.29, 0.717) is 17.9 Å². The fourth-order valence-corrected chi connectivity index (χ4v) is 2.75. The number of carbonyl (C=O) groups is 1. The lowest BCUT2D eigenvalue weighted by molar-refractivity contribution is -0.137. The van der Waals surface area contributed by atoms with Crippen molar-refractivity contribution in [2.24, 2.45) is 5.10 Å². The average Bonchev–Trinajstić information content (AvgIpc) is 2.69. The van der Waals surface area contributed by atoms with Crippen LogP contribution in [0, 0.1) is 0 Å². The molecule has 0 heterocycles. The second kappa shape index (κ2) is 8.12. The molecule has 0 unspecified atom stereocenters. The molecule has 4 nitrogen and oxygen atoms in total. The van der Waals surface area contributed by atoms with Gasteiger partial charge in [-0.25, -0.2) is 5.43 Å². The van der Waals surface area contributed by atoms with Crippen molar-refractivity contribution in [3.8, 4) is 5.75 Å². The molecule has 0 aliphatic heterocycles. The van der Waals surface area contributed by atoms with Gasteiger partial charge in [-0.15, -0.1) is 0 Å². The number of halogens is 3. The number of alkyl halides is 3. The molecule has 0 saturated carbocycles. The van der Waals surface area contributed by atoms with Crippen molar-refractivity contribution in [1.29, 1.82) is 0 Å². The van der Waals surface area contributed by atoms with Crippen LogP contribution in [0.3, 0.4) is 0 Å². The molecule has 0 aliphatic carbocycles. The van der Waals surface area contributed by atoms with E-state index in [0.717, 1.165) is 22.9 Å². The third-order valence-electron chi connectivity index (χ3n) is 4.04. The summed E-state index contributed by atoms with van der Waals surface area (Å²) < 4.78 is 44.0. The number of hydrazone groups is 1. The van der Waals surface area contributed by atoms with Gasteiger partial charge in [-0.3, -0.25) is 4.79 Å². The maximum absolute atomic E-state index is 12.8. The van der Waals surface area contributed by atoms with Gasteiger partial charge in [-0.2, -0.15) is 18.3 Å². The van der Waals surface area contributed by atoms with Crippen LogP contribution in [0.5, 0.6) is 5.75 Å². The monoisotopic (exact) mass is 386 g/mol. The van der Waals surface area contributed by atoms with E-state index in [-0.39, 0.29) is 5.56 Å². The van der Waals surface area contributed by atoms with Gasteiger partial charge in [0.2, 0.25) is 0 Å². The first kappa shape index (κ1) is 19.4. The molecule has 3 aromatic rings. The van der Waals surface area contributed by atoms with Crippen molar-refractivity contribution >= 4 is 22.9 Å². The second-order valence-corrected chi connectivity index (χ2v) is 5.91. The fourth-order valence-electron chi connectivity index (χ4n) is 2.75. The predicted molar refractivity (Wildman–Crippen MR) is 102 cm³/mol. The van der Waals surface area contributed by atoms with Crippen LogP contribution in [0.25, 0.3) is 10.8 Å². The van der Waals surface area contributed by atoms with Gasteiger partial charge in [0.15, 0.2) is 0 Å². The summed E-state index contributed by atoms with van der Waals surface area (Å²) in [6.45, 7) is 2.31. The van der Waals surface area contributed by atoms with Crippen LogP contribution < -0.4 is 10.2 Å². The van der Waals surface area contributed by atoms with Gasteiger partial charge in [0.1, 0.15) is 5.75 Å². The molecule has 0 saturated heterocycles. The number of ether oxygens (including phenoxy) is 1. The molecule has 1 amide bonds. The number of benzene rings is 3. The van der Waals surface area contributed by atoms with Crippen molar-refractivity contribution in [3.63, 3.8) is 0 Å². The minimum atomic E-state index is -4.52. The molecular formula is C21H17F3N2O2. The molecule has 0 bridgehead atoms. The third-order valence-corrected chi connectivity index (χ3v) is 4.04. The highest BCUT2D eigenvalue weighted by Gasteiger charge is 2.30. The van der Waals surface area contributed by atoms with E-state index in [2.05, 4.69) is 10.5 Å². The zero-order chi connectivity index (χ0) is 20.1. The van der Waals surface area contributed by atoms with Crippen LogP contribution in [0.2, 0.25) is 0 Å². The van der Waals surface area contributed by atoms with E-state index in [1.54, 1.807) is 0 Å². The number of fused-ring (bicyclic) bond motifs is 1. The van der Waals surface area contributed by atoms with Gasteiger partial charge >= 0.3 is 6.18 Å². The Bertz CT molecular complexity index is 1030. The minimum Gasteiger partial charge on any atom is -0.493 e. The molecule has 3 rings (SSSR count). The lowest BCUT2D eigenvalue weighted by Crippen LogP contribution is -2.18. The largest absolute Gasteiger partial charge is 0.493 e. The zero-order valence-electron chi connectivity index (χ0n) is 15.0. The van der Waals surface area contributed by atoms with Gasteiger partial charge < -0.3 is 4.74 Å². The summed E-state index contributed by atoms with van der Waals surface area (Å²) >= 11 is 0. The second-order valence-electron chi connectivity index (χ2n) is 5.91. The zero-order valence-corrected chi connectivity index (χ0v) is 15.0. The van der Waals surface area contributed by atoms with Crippen LogP contribution in [0.1, 0.15) is 28.4 Å². The Morgan fingerprint density at radius 2 is 1.89 bits per heavy atom. The molecule has 0 atom stereocenters. The van der Waals surface area contributed by atoms with Crippen molar-refractivity contribution in [2.45, 2.75) is 13.1 Å². The molecule has 7 heteroatoms. The first-order chi connectivity index (χ1) is 13.4. The standard InChI is InChI=1S/C21H17F3N2O2/c1-2-28-19-11-10-14-6-3-4-9-17(14)18(19)13-25-26-20(27)15-7-5-8-16(12-15)21(22,23)24/h3-13H,2H2,1H3,(H,26,27)/b25-13-. The minimum absolute atomic E-state index is 0.130. The normalized spacial score (nSPS) is 11.7. The van der Waals surface area contributed by atoms with Crippen molar-refractivity contribution in [3.05, 3.63) is 77.4 Å². The fraction of sp³-hybridized carbons (Fsp3) is 0.143. The highest BCUT2D eigenvalue weighted by Crippen LogP contribution is 2.29. The summed E-state index contributed by atoms with van der Waals surface area (Å²) in [5.41, 5.74) is 1.92. The molecule has 0 fully saturated rings. The Balaban J connectivity index is 1.85. The third kappa shape index (κ3) is 4.31. The van der Waals surface area contributed by atoms with Crippen LogP contribution in [-0.2, 0) is 6.18 Å². The van der Waals surface area contributed by atoms with Gasteiger partial charge in [0.25, 0.3) is 5.91 Å². The molecule has 0 spiro atoms. The van der Waals surface area contributed by atoms with Crippen molar-refractivity contribution in [1.82, 2.24) is 5.43 Å². The van der Waals surface area contributed by atoms with Gasteiger partial charge in [0, 0.05) is 11.1 Å². The molecule has 0 aliphatic rings. The van der Waals surface area contributed by atoms with E-state index in [1.165, 1.54) is 18.3 Å². The quantitative estimate of drug-likeness (QED) is 0.494. The maximum Gasteiger partial charge on any atom is 0.416 e. The molecular weight excluding hydrogens is 369 g/mol. The maximum atomic E-state index is 12.8. The summed E-state index contributed by atoms with van der Waals surface area (Å²) in [6, 6.07) is 15.5. The number of hydrogen-bond donors (Lipinski definition) is 1. The summed E-state index contributed by atoms with van der Waals surface area (Å²) in [7, 11) is 0. The van der Waals surface area contributed by atoms with E-state index in [4.69, 9.17) is 4.74 Å². The summed E-state index contributed by atoms with van der Waals surface area (Å²) in [5.74, 6) is -0.140. The SMILES string of the molecule is CCOc1ccc2ccccc2c1/C=N\NC(=O)c1cccc(C(F)(F)F)c1. The summed E-state index contributed by atoms with van der Waals surface area (Å²) in [5, 5.41) is 5.77. The van der Waals surface area contributed by atoms with Crippen molar-refractivity contribution < 1.29 is 22.7 Å². The van der Waals surface area contributed by atoms with Crippen LogP contribution >= 0.6 is 0 Å². The van der Waals surface area contributed by atoms with Gasteiger partial charge in [-0.1, -0.05) is 36.4 Å². The van der Waals surface area contributed by atoms with Gasteiger partial charge in [0.05, 0.1) is 18.4 Å². The number of amides is 1. The lowest BCUT2D eigenvalue weighted by atomic mass is 10.0. The first-order valence-corrected chi connectivity index (χ1v) is 8.55. The molecule has 28 heavy (non-hydrogen) atoms. The number of carbonyl (C=O) groups excluding carboxylic acids is 1. The summed E-state index contributed by atoms with van der Waals surface area (Å²) in [4.78, 5) is 12.2. The number of nitrogens with one attached hydrogen (secondary N) is 1. The van der Waals surface area contributed by atoms with Crippen LogP contribution in [0.4, 0.5) is 13.2 Å². The molecule has 1 N–H and O–H groups in total. The Morgan fingerprint density at radius 3 is 2.64 bits per heavy atom. The van der Waals surface area contributed by atoms with Gasteiger partial charge in [-0.05, 0) is 42.0 Å². The Labute approximate surface area is 159 Å². The highest BCUT2D eigenvalue weighted by molar-refractivity contribution is 6.03. The van der Waals surface area contributed by atoms with E-state index < -0.39 is 17.6 Å². The Kier molecular flexibility index (Phi) is 5.63. The van der Waals surface area contributed by atoms with E-state index in [1.807, 2.05) is 43.3 Å². The van der Waals surface area contributed by atoms with Crippen molar-refractivity contribution in [2.75, 3.05) is 6.61 Å². The predicted octanol–water partition coefficient (Wildman–Crippen LogP) is 5.02. The average molecular weight is 386 g/mol. The Hall–Kier alpha value is -3.35. The molecule has 144 valence electrons. The van der Waals surface area contributed by atoms with Crippen LogP contribution in [0.15, 0.2) is 65.8 Å².